The molecule has 3 aromatic rings. The molecule has 0 unspecified atom stereocenters. The highest BCUT2D eigenvalue weighted by molar-refractivity contribution is 7.22. The second-order valence-corrected chi connectivity index (χ2v) is 7.91. The van der Waals surface area contributed by atoms with Crippen LogP contribution in [0, 0.1) is 5.92 Å². The van der Waals surface area contributed by atoms with E-state index in [4.69, 9.17) is 10.5 Å². The molecule has 4 rings (SSSR count). The van der Waals surface area contributed by atoms with Crippen LogP contribution in [0.25, 0.3) is 10.2 Å². The van der Waals surface area contributed by atoms with Crippen molar-refractivity contribution in [3.8, 4) is 11.5 Å². The molecule has 1 aromatic carbocycles. The molecule has 140 valence electrons. The van der Waals surface area contributed by atoms with E-state index in [1.54, 1.807) is 17.4 Å². The maximum Gasteiger partial charge on any atom is 0.267 e. The molecule has 0 saturated heterocycles. The van der Waals surface area contributed by atoms with E-state index < -0.39 is 5.91 Å². The summed E-state index contributed by atoms with van der Waals surface area (Å²) >= 11 is 1.63. The minimum atomic E-state index is -0.577. The summed E-state index contributed by atoms with van der Waals surface area (Å²) in [5.74, 6) is 1.40. The number of nitrogens with one attached hydrogen (secondary N) is 1. The summed E-state index contributed by atoms with van der Waals surface area (Å²) in [6, 6.07) is 9.01. The van der Waals surface area contributed by atoms with E-state index in [0.29, 0.717) is 11.5 Å². The molecule has 7 heteroatoms. The fourth-order valence-electron chi connectivity index (χ4n) is 3.41. The van der Waals surface area contributed by atoms with Crippen LogP contribution in [0.5, 0.6) is 11.5 Å². The molecule has 1 fully saturated rings. The average molecular weight is 382 g/mol. The summed E-state index contributed by atoms with van der Waals surface area (Å²) in [5, 5.41) is 4.45. The van der Waals surface area contributed by atoms with Gasteiger partial charge in [-0.1, -0.05) is 30.6 Å². The van der Waals surface area contributed by atoms with Crippen LogP contribution in [-0.2, 0) is 0 Å². The smallest absolute Gasteiger partial charge is 0.267 e. The number of amides is 1. The van der Waals surface area contributed by atoms with Gasteiger partial charge in [0.05, 0.1) is 10.2 Å². The lowest BCUT2D eigenvalue weighted by molar-refractivity contribution is 0.0995. The summed E-state index contributed by atoms with van der Waals surface area (Å²) in [7, 11) is 0. The number of benzene rings is 1. The molecule has 1 amide bonds. The Morgan fingerprint density at radius 3 is 2.81 bits per heavy atom. The number of nitrogens with zero attached hydrogens (tertiary/aromatic N) is 2. The first-order valence-electron chi connectivity index (χ1n) is 9.25. The Labute approximate surface area is 161 Å². The van der Waals surface area contributed by atoms with E-state index in [9.17, 15) is 4.79 Å². The molecular formula is C20H22N4O2S. The fraction of sp³-hybridized carbons (Fsp3) is 0.350. The number of hydrogen-bond donors (Lipinski definition) is 2. The topological polar surface area (TPSA) is 90.1 Å². The van der Waals surface area contributed by atoms with Gasteiger partial charge in [0.1, 0.15) is 17.2 Å². The van der Waals surface area contributed by atoms with E-state index in [0.717, 1.165) is 27.8 Å². The van der Waals surface area contributed by atoms with Crippen LogP contribution in [0.1, 0.15) is 42.6 Å². The predicted molar refractivity (Wildman–Crippen MR) is 108 cm³/mol. The van der Waals surface area contributed by atoms with Crippen LogP contribution < -0.4 is 15.8 Å². The molecule has 0 aliphatic heterocycles. The number of hydrogen-bond acceptors (Lipinski definition) is 6. The first-order valence-corrected chi connectivity index (χ1v) is 10.1. The lowest BCUT2D eigenvalue weighted by atomic mass is 9.89. The Morgan fingerprint density at radius 1 is 1.19 bits per heavy atom. The van der Waals surface area contributed by atoms with Gasteiger partial charge >= 0.3 is 0 Å². The molecule has 2 aromatic heterocycles. The number of thiazole rings is 1. The van der Waals surface area contributed by atoms with E-state index >= 15 is 0 Å². The standard InChI is InChI=1S/C20H22N4O2S/c21-19(25)17-10-15(8-9-22-17)26-14-6-7-16-18(11-14)27-20(24-16)23-12-13-4-2-1-3-5-13/h6-11,13H,1-5,12H2,(H2,21,25)(H,23,24). The van der Waals surface area contributed by atoms with Crippen molar-refractivity contribution in [3.63, 3.8) is 0 Å². The summed E-state index contributed by atoms with van der Waals surface area (Å²) in [6.07, 6.45) is 8.20. The summed E-state index contributed by atoms with van der Waals surface area (Å²) in [5.41, 5.74) is 6.40. The minimum absolute atomic E-state index is 0.181. The summed E-state index contributed by atoms with van der Waals surface area (Å²) in [4.78, 5) is 19.8. The molecular weight excluding hydrogens is 360 g/mol. The van der Waals surface area contributed by atoms with Crippen LogP contribution in [-0.4, -0.2) is 22.4 Å². The number of ether oxygens (including phenoxy) is 1. The second kappa shape index (κ2) is 7.92. The third kappa shape index (κ3) is 4.36. The van der Waals surface area contributed by atoms with Gasteiger partial charge in [-0.15, -0.1) is 0 Å². The number of nitrogens with two attached hydrogens (primary N) is 1. The van der Waals surface area contributed by atoms with Gasteiger partial charge in [0.25, 0.3) is 5.91 Å². The maximum absolute atomic E-state index is 11.2. The van der Waals surface area contributed by atoms with Crippen molar-refractivity contribution in [1.82, 2.24) is 9.97 Å². The highest BCUT2D eigenvalue weighted by atomic mass is 32.1. The normalized spacial score (nSPS) is 15.0. The zero-order valence-electron chi connectivity index (χ0n) is 15.0. The van der Waals surface area contributed by atoms with Gasteiger partial charge in [-0.25, -0.2) is 4.98 Å². The Balaban J connectivity index is 1.45. The van der Waals surface area contributed by atoms with Crippen molar-refractivity contribution < 1.29 is 9.53 Å². The summed E-state index contributed by atoms with van der Waals surface area (Å²) in [6.45, 7) is 0.996. The van der Waals surface area contributed by atoms with Crippen molar-refractivity contribution in [2.45, 2.75) is 32.1 Å². The molecule has 0 bridgehead atoms. The number of carbonyl (C=O) groups excluding carboxylic acids is 1. The lowest BCUT2D eigenvalue weighted by Crippen LogP contribution is -2.16. The van der Waals surface area contributed by atoms with Crippen molar-refractivity contribution >= 4 is 32.6 Å². The highest BCUT2D eigenvalue weighted by Crippen LogP contribution is 2.32. The monoisotopic (exact) mass is 382 g/mol. The Bertz CT molecular complexity index is 950. The van der Waals surface area contributed by atoms with Crippen molar-refractivity contribution in [3.05, 3.63) is 42.2 Å². The first-order chi connectivity index (χ1) is 13.2. The number of rotatable bonds is 6. The van der Waals surface area contributed by atoms with Gasteiger partial charge < -0.3 is 15.8 Å². The predicted octanol–water partition coefficient (Wildman–Crippen LogP) is 4.57. The van der Waals surface area contributed by atoms with Crippen LogP contribution in [0.3, 0.4) is 0 Å². The Kier molecular flexibility index (Phi) is 5.20. The van der Waals surface area contributed by atoms with Gasteiger partial charge in [0, 0.05) is 24.9 Å². The quantitative estimate of drug-likeness (QED) is 0.651. The SMILES string of the molecule is NC(=O)c1cc(Oc2ccc3nc(NCC4CCCCC4)sc3c2)ccn1. The Hall–Kier alpha value is -2.67. The number of carbonyl (C=O) groups is 1. The van der Waals surface area contributed by atoms with Crippen LogP contribution in [0.15, 0.2) is 36.5 Å². The average Bonchev–Trinajstić information content (AvgIpc) is 3.09. The van der Waals surface area contributed by atoms with Gasteiger partial charge in [-0.2, -0.15) is 0 Å². The number of pyridine rings is 1. The van der Waals surface area contributed by atoms with Crippen LogP contribution in [0.2, 0.25) is 0 Å². The third-order valence-electron chi connectivity index (χ3n) is 4.85. The number of fused-ring (bicyclic) bond motifs is 1. The van der Waals surface area contributed by atoms with Crippen LogP contribution in [0.4, 0.5) is 5.13 Å². The molecule has 1 aliphatic carbocycles. The third-order valence-corrected chi connectivity index (χ3v) is 5.82. The zero-order valence-corrected chi connectivity index (χ0v) is 15.8. The lowest BCUT2D eigenvalue weighted by Gasteiger charge is -2.21. The summed E-state index contributed by atoms with van der Waals surface area (Å²) < 4.78 is 6.91. The molecule has 3 N–H and O–H groups in total. The minimum Gasteiger partial charge on any atom is -0.457 e. The molecule has 2 heterocycles. The first kappa shape index (κ1) is 17.7. The van der Waals surface area contributed by atoms with Gasteiger partial charge in [0.2, 0.25) is 0 Å². The molecule has 6 nitrogen and oxygen atoms in total. The molecule has 0 atom stereocenters. The van der Waals surface area contributed by atoms with E-state index in [1.807, 2.05) is 18.2 Å². The molecule has 0 spiro atoms. The zero-order chi connectivity index (χ0) is 18.6. The van der Waals surface area contributed by atoms with E-state index in [1.165, 1.54) is 44.4 Å². The number of anilines is 1. The van der Waals surface area contributed by atoms with Crippen LogP contribution >= 0.6 is 11.3 Å². The van der Waals surface area contributed by atoms with E-state index in [-0.39, 0.29) is 5.69 Å². The van der Waals surface area contributed by atoms with E-state index in [2.05, 4.69) is 15.3 Å². The highest BCUT2D eigenvalue weighted by Gasteiger charge is 2.14. The number of aromatic nitrogens is 2. The molecule has 1 saturated carbocycles. The van der Waals surface area contributed by atoms with Gasteiger partial charge in [-0.05, 0) is 37.0 Å². The molecule has 1 aliphatic rings. The van der Waals surface area contributed by atoms with Crippen molar-refractivity contribution in [2.75, 3.05) is 11.9 Å². The largest absolute Gasteiger partial charge is 0.457 e. The fourth-order valence-corrected chi connectivity index (χ4v) is 4.31. The molecule has 0 radical (unpaired) electrons. The van der Waals surface area contributed by atoms with Gasteiger partial charge in [0.15, 0.2) is 5.13 Å². The number of primary amides is 1. The van der Waals surface area contributed by atoms with Crippen molar-refractivity contribution in [2.24, 2.45) is 11.7 Å². The van der Waals surface area contributed by atoms with Crippen molar-refractivity contribution in [1.29, 1.82) is 0 Å². The second-order valence-electron chi connectivity index (χ2n) is 6.88. The maximum atomic E-state index is 11.2. The molecule has 27 heavy (non-hydrogen) atoms. The Morgan fingerprint density at radius 2 is 2.00 bits per heavy atom. The van der Waals surface area contributed by atoms with Gasteiger partial charge in [-0.3, -0.25) is 9.78 Å².